The largest absolute Gasteiger partial charge is 0.324 e. The van der Waals surface area contributed by atoms with E-state index in [0.717, 1.165) is 26.1 Å². The zero-order chi connectivity index (χ0) is 13.1. The van der Waals surface area contributed by atoms with Gasteiger partial charge in [0.15, 0.2) is 0 Å². The number of pyridine rings is 1. The Morgan fingerprint density at radius 2 is 2.22 bits per heavy atom. The van der Waals surface area contributed by atoms with Crippen LogP contribution >= 0.6 is 0 Å². The Bertz CT molecular complexity index is 393. The van der Waals surface area contributed by atoms with Gasteiger partial charge in [-0.1, -0.05) is 0 Å². The molecule has 0 amide bonds. The van der Waals surface area contributed by atoms with Crippen LogP contribution in [0.15, 0.2) is 18.5 Å². The number of hydrogen-bond donors (Lipinski definition) is 1. The van der Waals surface area contributed by atoms with Crippen molar-refractivity contribution >= 4 is 0 Å². The molecule has 2 unspecified atom stereocenters. The molecule has 2 rings (SSSR count). The van der Waals surface area contributed by atoms with Crippen LogP contribution in [0.25, 0.3) is 0 Å². The molecule has 2 heterocycles. The van der Waals surface area contributed by atoms with Gasteiger partial charge >= 0.3 is 0 Å². The molecule has 0 spiro atoms. The summed E-state index contributed by atoms with van der Waals surface area (Å²) in [5, 5.41) is 0. The Morgan fingerprint density at radius 1 is 1.44 bits per heavy atom. The van der Waals surface area contributed by atoms with Gasteiger partial charge in [-0.15, -0.1) is 0 Å². The minimum atomic E-state index is 0.0812. The molecule has 100 valence electrons. The van der Waals surface area contributed by atoms with Gasteiger partial charge in [0.2, 0.25) is 0 Å². The summed E-state index contributed by atoms with van der Waals surface area (Å²) in [6, 6.07) is 2.65. The summed E-state index contributed by atoms with van der Waals surface area (Å²) < 4.78 is 0. The van der Waals surface area contributed by atoms with Gasteiger partial charge in [0.05, 0.1) is 0 Å². The minimum Gasteiger partial charge on any atom is -0.324 e. The first kappa shape index (κ1) is 13.5. The maximum Gasteiger partial charge on any atom is 0.0328 e. The van der Waals surface area contributed by atoms with Crippen LogP contribution in [0.4, 0.5) is 0 Å². The lowest BCUT2D eigenvalue weighted by Gasteiger charge is -2.39. The van der Waals surface area contributed by atoms with E-state index in [2.05, 4.69) is 35.8 Å². The number of piperazine rings is 1. The van der Waals surface area contributed by atoms with Crippen molar-refractivity contribution in [2.45, 2.75) is 25.4 Å². The zero-order valence-electron chi connectivity index (χ0n) is 11.6. The summed E-state index contributed by atoms with van der Waals surface area (Å²) >= 11 is 0. The van der Waals surface area contributed by atoms with Crippen LogP contribution in [0.1, 0.15) is 23.6 Å². The molecule has 4 nitrogen and oxygen atoms in total. The second-order valence-electron chi connectivity index (χ2n) is 5.47. The van der Waals surface area contributed by atoms with E-state index in [0.29, 0.717) is 6.04 Å². The SMILES string of the molecule is Cc1ccncc1C(N)CC1CN(C)CCN1C. The lowest BCUT2D eigenvalue weighted by atomic mass is 9.96. The van der Waals surface area contributed by atoms with Crippen molar-refractivity contribution in [1.29, 1.82) is 0 Å². The molecule has 0 aliphatic carbocycles. The summed E-state index contributed by atoms with van der Waals surface area (Å²) in [5.41, 5.74) is 8.77. The van der Waals surface area contributed by atoms with Gasteiger partial charge in [-0.05, 0) is 44.6 Å². The van der Waals surface area contributed by atoms with Crippen molar-refractivity contribution in [1.82, 2.24) is 14.8 Å². The van der Waals surface area contributed by atoms with E-state index in [1.807, 2.05) is 18.5 Å². The van der Waals surface area contributed by atoms with Gasteiger partial charge in [0.1, 0.15) is 0 Å². The van der Waals surface area contributed by atoms with Crippen molar-refractivity contribution in [2.75, 3.05) is 33.7 Å². The fourth-order valence-corrected chi connectivity index (χ4v) is 2.64. The second-order valence-corrected chi connectivity index (χ2v) is 5.47. The number of likely N-dealkylation sites (N-methyl/N-ethyl adjacent to an activating group) is 2. The maximum absolute atomic E-state index is 6.35. The van der Waals surface area contributed by atoms with Crippen molar-refractivity contribution < 1.29 is 0 Å². The molecular formula is C14H24N4. The molecule has 0 radical (unpaired) electrons. The van der Waals surface area contributed by atoms with Crippen molar-refractivity contribution in [3.8, 4) is 0 Å². The van der Waals surface area contributed by atoms with E-state index in [1.165, 1.54) is 11.1 Å². The molecule has 2 N–H and O–H groups in total. The van der Waals surface area contributed by atoms with E-state index in [4.69, 9.17) is 5.73 Å². The van der Waals surface area contributed by atoms with Crippen molar-refractivity contribution in [3.05, 3.63) is 29.6 Å². The molecule has 1 saturated heterocycles. The summed E-state index contributed by atoms with van der Waals surface area (Å²) in [7, 11) is 4.38. The third-order valence-electron chi connectivity index (χ3n) is 3.99. The summed E-state index contributed by atoms with van der Waals surface area (Å²) in [6.07, 6.45) is 4.73. The highest BCUT2D eigenvalue weighted by atomic mass is 15.3. The minimum absolute atomic E-state index is 0.0812. The molecule has 4 heteroatoms. The second kappa shape index (κ2) is 5.78. The molecule has 0 aromatic carbocycles. The highest BCUT2D eigenvalue weighted by Crippen LogP contribution is 2.22. The van der Waals surface area contributed by atoms with Gasteiger partial charge in [0.25, 0.3) is 0 Å². The fraction of sp³-hybridized carbons (Fsp3) is 0.643. The molecule has 1 fully saturated rings. The average molecular weight is 248 g/mol. The highest BCUT2D eigenvalue weighted by molar-refractivity contribution is 5.24. The van der Waals surface area contributed by atoms with Gasteiger partial charge in [0, 0.05) is 44.1 Å². The maximum atomic E-state index is 6.35. The van der Waals surface area contributed by atoms with Gasteiger partial charge in [-0.2, -0.15) is 0 Å². The van der Waals surface area contributed by atoms with Crippen LogP contribution < -0.4 is 5.73 Å². The van der Waals surface area contributed by atoms with Crippen LogP contribution in [0.5, 0.6) is 0 Å². The predicted molar refractivity (Wildman–Crippen MR) is 74.4 cm³/mol. The van der Waals surface area contributed by atoms with E-state index >= 15 is 0 Å². The average Bonchev–Trinajstić information content (AvgIpc) is 2.34. The fourth-order valence-electron chi connectivity index (χ4n) is 2.64. The van der Waals surface area contributed by atoms with E-state index in [1.54, 1.807) is 0 Å². The van der Waals surface area contributed by atoms with Crippen LogP contribution in [0, 0.1) is 6.92 Å². The number of nitrogens with two attached hydrogens (primary N) is 1. The van der Waals surface area contributed by atoms with E-state index < -0.39 is 0 Å². The summed E-state index contributed by atoms with van der Waals surface area (Å²) in [4.78, 5) is 8.99. The van der Waals surface area contributed by atoms with E-state index in [-0.39, 0.29) is 6.04 Å². The Morgan fingerprint density at radius 3 is 2.94 bits per heavy atom. The molecule has 2 atom stereocenters. The Balaban J connectivity index is 2.02. The predicted octanol–water partition coefficient (Wildman–Crippen LogP) is 1.03. The van der Waals surface area contributed by atoms with Crippen molar-refractivity contribution in [2.24, 2.45) is 5.73 Å². The normalized spacial score (nSPS) is 24.1. The first-order valence-corrected chi connectivity index (χ1v) is 6.63. The molecule has 18 heavy (non-hydrogen) atoms. The lowest BCUT2D eigenvalue weighted by molar-refractivity contribution is 0.104. The monoisotopic (exact) mass is 248 g/mol. The number of nitrogens with zero attached hydrogens (tertiary/aromatic N) is 3. The quantitative estimate of drug-likeness (QED) is 0.867. The Hall–Kier alpha value is -0.970. The Kier molecular flexibility index (Phi) is 4.32. The number of aryl methyl sites for hydroxylation is 1. The third kappa shape index (κ3) is 3.07. The highest BCUT2D eigenvalue weighted by Gasteiger charge is 2.24. The summed E-state index contributed by atoms with van der Waals surface area (Å²) in [6.45, 7) is 5.48. The van der Waals surface area contributed by atoms with Crippen LogP contribution in [0.3, 0.4) is 0 Å². The van der Waals surface area contributed by atoms with Crippen LogP contribution in [-0.4, -0.2) is 54.6 Å². The molecule has 1 aromatic heterocycles. The van der Waals surface area contributed by atoms with E-state index in [9.17, 15) is 0 Å². The molecule has 1 aliphatic rings. The molecule has 0 saturated carbocycles. The Labute approximate surface area is 110 Å². The summed E-state index contributed by atoms with van der Waals surface area (Å²) in [5.74, 6) is 0. The standard InChI is InChI=1S/C14H24N4/c1-11-4-5-16-9-13(11)14(15)8-12-10-17(2)6-7-18(12)3/h4-5,9,12,14H,6-8,10,15H2,1-3H3. The molecule has 0 bridgehead atoms. The van der Waals surface area contributed by atoms with Gasteiger partial charge in [-0.25, -0.2) is 0 Å². The van der Waals surface area contributed by atoms with Crippen molar-refractivity contribution in [3.63, 3.8) is 0 Å². The number of rotatable bonds is 3. The number of hydrogen-bond acceptors (Lipinski definition) is 4. The smallest absolute Gasteiger partial charge is 0.0328 e. The van der Waals surface area contributed by atoms with Crippen LogP contribution in [0.2, 0.25) is 0 Å². The van der Waals surface area contributed by atoms with Gasteiger partial charge in [-0.3, -0.25) is 4.98 Å². The lowest BCUT2D eigenvalue weighted by Crippen LogP contribution is -2.50. The third-order valence-corrected chi connectivity index (χ3v) is 3.99. The first-order valence-electron chi connectivity index (χ1n) is 6.63. The van der Waals surface area contributed by atoms with Crippen LogP contribution in [-0.2, 0) is 0 Å². The van der Waals surface area contributed by atoms with Gasteiger partial charge < -0.3 is 15.5 Å². The zero-order valence-corrected chi connectivity index (χ0v) is 11.6. The molecular weight excluding hydrogens is 224 g/mol. The molecule has 1 aliphatic heterocycles. The number of aromatic nitrogens is 1. The topological polar surface area (TPSA) is 45.4 Å². The molecule has 1 aromatic rings. The first-order chi connectivity index (χ1) is 8.58.